The first-order valence-corrected chi connectivity index (χ1v) is 7.61. The highest BCUT2D eigenvalue weighted by Gasteiger charge is 2.35. The van der Waals surface area contributed by atoms with Gasteiger partial charge < -0.3 is 4.90 Å². The van der Waals surface area contributed by atoms with E-state index in [1.807, 2.05) is 0 Å². The summed E-state index contributed by atoms with van der Waals surface area (Å²) in [5.41, 5.74) is -0.570. The summed E-state index contributed by atoms with van der Waals surface area (Å²) in [5.74, 6) is 0.963. The molecule has 0 aliphatic carbocycles. The molecule has 2 amide bonds. The van der Waals surface area contributed by atoms with E-state index in [1.54, 1.807) is 16.9 Å². The van der Waals surface area contributed by atoms with Crippen LogP contribution in [0.15, 0.2) is 23.9 Å². The average Bonchev–Trinajstić information content (AvgIpc) is 2.92. The maximum absolute atomic E-state index is 12.5. The molecule has 0 bridgehead atoms. The highest BCUT2D eigenvalue weighted by atomic mass is 19.4. The maximum Gasteiger partial charge on any atom is 0.412 e. The van der Waals surface area contributed by atoms with Crippen molar-refractivity contribution >= 4 is 11.8 Å². The van der Waals surface area contributed by atoms with Gasteiger partial charge in [0, 0.05) is 37.5 Å². The number of carbonyl (C=O) groups is 1. The van der Waals surface area contributed by atoms with Crippen LogP contribution in [0.4, 0.5) is 23.8 Å². The molecule has 128 valence electrons. The van der Waals surface area contributed by atoms with Gasteiger partial charge in [0.25, 0.3) is 0 Å². The predicted molar refractivity (Wildman–Crippen MR) is 81.0 cm³/mol. The Balaban J connectivity index is 1.87. The predicted octanol–water partition coefficient (Wildman–Crippen LogP) is 3.66. The van der Waals surface area contributed by atoms with Gasteiger partial charge in [0.05, 0.1) is 0 Å². The van der Waals surface area contributed by atoms with Crippen molar-refractivity contribution in [2.75, 3.05) is 18.4 Å². The Morgan fingerprint density at radius 2 is 2.17 bits per heavy atom. The Labute approximate surface area is 133 Å². The number of nitrogens with one attached hydrogen (secondary N) is 1. The maximum atomic E-state index is 12.5. The van der Waals surface area contributed by atoms with Crippen LogP contribution in [0.25, 0.3) is 0 Å². The number of hydrogen-bond donors (Lipinski definition) is 1. The number of carbonyl (C=O) groups excluding carboxylic acids is 1. The highest BCUT2D eigenvalue weighted by molar-refractivity contribution is 5.88. The van der Waals surface area contributed by atoms with Crippen LogP contribution in [-0.4, -0.2) is 40.0 Å². The Bertz CT molecular complexity index is 578. The molecule has 23 heavy (non-hydrogen) atoms. The molecule has 0 unspecified atom stereocenters. The van der Waals surface area contributed by atoms with Gasteiger partial charge in [-0.3, -0.25) is 10.00 Å². The van der Waals surface area contributed by atoms with Gasteiger partial charge in [-0.1, -0.05) is 19.9 Å². The van der Waals surface area contributed by atoms with Crippen LogP contribution >= 0.6 is 0 Å². The molecular formula is C15H21F3N4O. The second kappa shape index (κ2) is 7.06. The van der Waals surface area contributed by atoms with E-state index in [-0.39, 0.29) is 19.5 Å². The first-order valence-electron chi connectivity index (χ1n) is 7.61. The second-order valence-corrected chi connectivity index (χ2v) is 6.00. The van der Waals surface area contributed by atoms with Gasteiger partial charge in [-0.15, -0.1) is 0 Å². The van der Waals surface area contributed by atoms with Crippen molar-refractivity contribution < 1.29 is 18.0 Å². The monoisotopic (exact) mass is 330 g/mol. The van der Waals surface area contributed by atoms with Gasteiger partial charge >= 0.3 is 12.2 Å². The minimum Gasteiger partial charge on any atom is -0.320 e. The lowest BCUT2D eigenvalue weighted by molar-refractivity contribution is -0.0956. The molecular weight excluding hydrogens is 309 g/mol. The largest absolute Gasteiger partial charge is 0.412 e. The van der Waals surface area contributed by atoms with E-state index in [2.05, 4.69) is 24.3 Å². The summed E-state index contributed by atoms with van der Waals surface area (Å²) in [6.07, 6.45) is -0.677. The summed E-state index contributed by atoms with van der Waals surface area (Å²) in [5, 5.41) is 6.85. The number of halogens is 3. The molecule has 1 aliphatic heterocycles. The number of aryl methyl sites for hydroxylation is 1. The molecule has 0 spiro atoms. The van der Waals surface area contributed by atoms with Crippen LogP contribution in [0.5, 0.6) is 0 Å². The van der Waals surface area contributed by atoms with Crippen molar-refractivity contribution in [3.63, 3.8) is 0 Å². The molecule has 0 radical (unpaired) electrons. The molecule has 8 heteroatoms. The summed E-state index contributed by atoms with van der Waals surface area (Å²) in [6, 6.07) is 1.25. The second-order valence-electron chi connectivity index (χ2n) is 6.00. The Kier molecular flexibility index (Phi) is 5.33. The summed E-state index contributed by atoms with van der Waals surface area (Å²) in [6.45, 7) is 4.99. The third-order valence-electron chi connectivity index (χ3n) is 3.67. The molecule has 2 heterocycles. The molecule has 0 fully saturated rings. The molecule has 0 aromatic carbocycles. The number of amides is 2. The lowest BCUT2D eigenvalue weighted by Crippen LogP contribution is -2.39. The molecule has 1 aromatic heterocycles. The van der Waals surface area contributed by atoms with Gasteiger partial charge in [-0.25, -0.2) is 4.79 Å². The molecule has 1 aliphatic rings. The Hall–Kier alpha value is -1.99. The van der Waals surface area contributed by atoms with E-state index in [0.717, 1.165) is 19.0 Å². The molecule has 1 N–H and O–H groups in total. The van der Waals surface area contributed by atoms with Crippen molar-refractivity contribution in [2.45, 2.75) is 39.4 Å². The number of aromatic nitrogens is 2. The minimum absolute atomic E-state index is 0.0469. The van der Waals surface area contributed by atoms with E-state index in [9.17, 15) is 18.0 Å². The zero-order valence-corrected chi connectivity index (χ0v) is 13.2. The zero-order valence-electron chi connectivity index (χ0n) is 13.2. The van der Waals surface area contributed by atoms with Gasteiger partial charge in [-0.2, -0.15) is 18.3 Å². The van der Waals surface area contributed by atoms with Crippen LogP contribution in [0, 0.1) is 5.92 Å². The normalized spacial score (nSPS) is 15.7. The smallest absolute Gasteiger partial charge is 0.320 e. The van der Waals surface area contributed by atoms with Crippen molar-refractivity contribution in [3.8, 4) is 0 Å². The third-order valence-corrected chi connectivity index (χ3v) is 3.67. The highest BCUT2D eigenvalue weighted by Crippen LogP contribution is 2.30. The first kappa shape index (κ1) is 17.4. The van der Waals surface area contributed by atoms with E-state index in [0.29, 0.717) is 11.7 Å². The number of alkyl halides is 3. The van der Waals surface area contributed by atoms with Crippen molar-refractivity contribution in [3.05, 3.63) is 23.9 Å². The summed E-state index contributed by atoms with van der Waals surface area (Å²) in [7, 11) is 0. The topological polar surface area (TPSA) is 50.2 Å². The van der Waals surface area contributed by atoms with E-state index in [4.69, 9.17) is 0 Å². The Morgan fingerprint density at radius 1 is 1.43 bits per heavy atom. The molecule has 1 aromatic rings. The summed E-state index contributed by atoms with van der Waals surface area (Å²) < 4.78 is 39.4. The van der Waals surface area contributed by atoms with Gasteiger partial charge in [0.1, 0.15) is 0 Å². The van der Waals surface area contributed by atoms with Gasteiger partial charge in [0.15, 0.2) is 5.82 Å². The van der Waals surface area contributed by atoms with Crippen LogP contribution in [0.1, 0.15) is 26.7 Å². The van der Waals surface area contributed by atoms with Gasteiger partial charge in [-0.05, 0) is 18.8 Å². The van der Waals surface area contributed by atoms with Crippen molar-refractivity contribution in [1.29, 1.82) is 0 Å². The quantitative estimate of drug-likeness (QED) is 0.857. The fourth-order valence-corrected chi connectivity index (χ4v) is 2.24. The van der Waals surface area contributed by atoms with Crippen LogP contribution in [-0.2, 0) is 6.54 Å². The molecule has 0 atom stereocenters. The van der Waals surface area contributed by atoms with Crippen LogP contribution in [0.2, 0.25) is 0 Å². The summed E-state index contributed by atoms with van der Waals surface area (Å²) >= 11 is 0. The average molecular weight is 330 g/mol. The zero-order chi connectivity index (χ0) is 17.0. The number of anilines is 1. The van der Waals surface area contributed by atoms with Crippen LogP contribution < -0.4 is 5.32 Å². The fourth-order valence-electron chi connectivity index (χ4n) is 2.24. The summed E-state index contributed by atoms with van der Waals surface area (Å²) in [4.78, 5) is 13.4. The number of rotatable bonds is 4. The van der Waals surface area contributed by atoms with E-state index < -0.39 is 17.8 Å². The van der Waals surface area contributed by atoms with Crippen molar-refractivity contribution in [1.82, 2.24) is 14.7 Å². The van der Waals surface area contributed by atoms with Crippen LogP contribution in [0.3, 0.4) is 0 Å². The molecule has 2 rings (SSSR count). The molecule has 5 nitrogen and oxygen atoms in total. The van der Waals surface area contributed by atoms with Gasteiger partial charge in [0.2, 0.25) is 0 Å². The minimum atomic E-state index is -4.31. The number of hydrogen-bond acceptors (Lipinski definition) is 2. The fraction of sp³-hybridized carbons (Fsp3) is 0.600. The number of nitrogens with zero attached hydrogens (tertiary/aromatic N) is 3. The SMILES string of the molecule is CC(C)CCn1ccc(NC(=O)N2CC=C(C(F)(F)F)CC2)n1. The Morgan fingerprint density at radius 3 is 2.74 bits per heavy atom. The van der Waals surface area contributed by atoms with E-state index >= 15 is 0 Å². The lowest BCUT2D eigenvalue weighted by atomic mass is 10.1. The number of urea groups is 1. The molecule has 0 saturated carbocycles. The standard InChI is InChI=1S/C15H21F3N4O/c1-11(2)3-9-22-10-6-13(20-22)19-14(23)21-7-4-12(5-8-21)15(16,17)18/h4,6,10-11H,3,5,7-9H2,1-2H3,(H,19,20,23). The first-order chi connectivity index (χ1) is 10.8. The lowest BCUT2D eigenvalue weighted by Gasteiger charge is -2.27. The van der Waals surface area contributed by atoms with E-state index in [1.165, 1.54) is 4.90 Å². The van der Waals surface area contributed by atoms with Crippen molar-refractivity contribution in [2.24, 2.45) is 5.92 Å². The molecule has 0 saturated heterocycles. The third kappa shape index (κ3) is 5.01.